The molecule has 0 aliphatic heterocycles. The predicted octanol–water partition coefficient (Wildman–Crippen LogP) is 3.84. The highest BCUT2D eigenvalue weighted by Gasteiger charge is 2.10. The van der Waals surface area contributed by atoms with E-state index in [-0.39, 0.29) is 0 Å². The lowest BCUT2D eigenvalue weighted by atomic mass is 10.1. The summed E-state index contributed by atoms with van der Waals surface area (Å²) in [7, 11) is 0. The van der Waals surface area contributed by atoms with Crippen molar-refractivity contribution in [2.75, 3.05) is 5.32 Å². The van der Waals surface area contributed by atoms with Crippen LogP contribution >= 0.6 is 0 Å². The van der Waals surface area contributed by atoms with Crippen molar-refractivity contribution in [1.29, 1.82) is 0 Å². The van der Waals surface area contributed by atoms with Crippen molar-refractivity contribution in [1.82, 2.24) is 19.9 Å². The first-order valence-electron chi connectivity index (χ1n) is 8.02. The smallest absolute Gasteiger partial charge is 0.246 e. The number of rotatable bonds is 5. The summed E-state index contributed by atoms with van der Waals surface area (Å²) in [6.45, 7) is 2.48. The number of nitrogens with zero attached hydrogens (tertiary/aromatic N) is 4. The Morgan fingerprint density at radius 1 is 1.08 bits per heavy atom. The van der Waals surface area contributed by atoms with Crippen LogP contribution in [-0.4, -0.2) is 19.9 Å². The van der Waals surface area contributed by atoms with E-state index in [1.807, 2.05) is 72.4 Å². The number of benzene rings is 2. The summed E-state index contributed by atoms with van der Waals surface area (Å²) in [4.78, 5) is 4.47. The minimum Gasteiger partial charge on any atom is -0.374 e. The third kappa shape index (κ3) is 3.28. The summed E-state index contributed by atoms with van der Waals surface area (Å²) >= 11 is 0. The second-order valence-corrected chi connectivity index (χ2v) is 5.70. The molecule has 0 radical (unpaired) electrons. The van der Waals surface area contributed by atoms with Crippen LogP contribution in [0.25, 0.3) is 17.1 Å². The van der Waals surface area contributed by atoms with E-state index in [1.165, 1.54) is 0 Å². The van der Waals surface area contributed by atoms with Crippen molar-refractivity contribution in [2.24, 2.45) is 0 Å². The Morgan fingerprint density at radius 3 is 2.84 bits per heavy atom. The largest absolute Gasteiger partial charge is 0.374 e. The van der Waals surface area contributed by atoms with Crippen molar-refractivity contribution >= 4 is 5.69 Å². The molecule has 0 aliphatic carbocycles. The standard InChI is InChI=1S/C19H17N5O/c1-14-6-4-7-15(12-14)19-22-18(25-23-19)13-20-16-8-2-3-9-17(16)24-11-5-10-21-24/h2-12,20H,13H2,1H3. The lowest BCUT2D eigenvalue weighted by Gasteiger charge is -2.10. The Labute approximate surface area is 145 Å². The third-order valence-corrected chi connectivity index (χ3v) is 3.83. The summed E-state index contributed by atoms with van der Waals surface area (Å²) in [5.41, 5.74) is 4.02. The Kier molecular flexibility index (Phi) is 4.00. The van der Waals surface area contributed by atoms with Crippen molar-refractivity contribution in [3.8, 4) is 17.1 Å². The number of para-hydroxylation sites is 2. The molecule has 0 aliphatic rings. The van der Waals surface area contributed by atoms with Gasteiger partial charge < -0.3 is 9.84 Å². The maximum Gasteiger partial charge on any atom is 0.246 e. The molecule has 2 heterocycles. The highest BCUT2D eigenvalue weighted by Crippen LogP contribution is 2.21. The minimum absolute atomic E-state index is 0.442. The molecule has 1 N–H and O–H groups in total. The maximum absolute atomic E-state index is 5.37. The fourth-order valence-electron chi connectivity index (χ4n) is 2.63. The van der Waals surface area contributed by atoms with Gasteiger partial charge in [0, 0.05) is 18.0 Å². The highest BCUT2D eigenvalue weighted by molar-refractivity contribution is 5.60. The average Bonchev–Trinajstić information content (AvgIpc) is 3.32. The molecule has 6 heteroatoms. The number of nitrogens with one attached hydrogen (secondary N) is 1. The Balaban J connectivity index is 1.52. The van der Waals surface area contributed by atoms with Gasteiger partial charge in [-0.3, -0.25) is 0 Å². The fourth-order valence-corrected chi connectivity index (χ4v) is 2.63. The van der Waals surface area contributed by atoms with Gasteiger partial charge in [-0.05, 0) is 31.2 Å². The van der Waals surface area contributed by atoms with Gasteiger partial charge in [0.1, 0.15) is 0 Å². The van der Waals surface area contributed by atoms with E-state index in [2.05, 4.69) is 20.6 Å². The Hall–Kier alpha value is -3.41. The second kappa shape index (κ2) is 6.60. The van der Waals surface area contributed by atoms with Crippen LogP contribution in [-0.2, 0) is 6.54 Å². The lowest BCUT2D eigenvalue weighted by Crippen LogP contribution is -2.05. The molecule has 124 valence electrons. The summed E-state index contributed by atoms with van der Waals surface area (Å²) in [5, 5.41) is 11.7. The van der Waals surface area contributed by atoms with E-state index in [9.17, 15) is 0 Å². The molecular weight excluding hydrogens is 314 g/mol. The summed E-state index contributed by atoms with van der Waals surface area (Å²) < 4.78 is 7.18. The van der Waals surface area contributed by atoms with E-state index in [4.69, 9.17) is 4.52 Å². The lowest BCUT2D eigenvalue weighted by molar-refractivity contribution is 0.384. The SMILES string of the molecule is Cc1cccc(-c2noc(CNc3ccccc3-n3cccn3)n2)c1. The van der Waals surface area contributed by atoms with Crippen LogP contribution in [0.4, 0.5) is 5.69 Å². The van der Waals surface area contributed by atoms with Gasteiger partial charge in [0.05, 0.1) is 17.9 Å². The zero-order valence-electron chi connectivity index (χ0n) is 13.8. The number of hydrogen-bond acceptors (Lipinski definition) is 5. The van der Waals surface area contributed by atoms with E-state index in [1.54, 1.807) is 6.20 Å². The van der Waals surface area contributed by atoms with Crippen molar-refractivity contribution in [2.45, 2.75) is 13.5 Å². The number of anilines is 1. The predicted molar refractivity (Wildman–Crippen MR) is 95.4 cm³/mol. The zero-order chi connectivity index (χ0) is 17.1. The van der Waals surface area contributed by atoms with Gasteiger partial charge >= 0.3 is 0 Å². The molecule has 6 nitrogen and oxygen atoms in total. The molecule has 0 spiro atoms. The van der Waals surface area contributed by atoms with Crippen molar-refractivity contribution in [3.63, 3.8) is 0 Å². The molecule has 0 saturated carbocycles. The van der Waals surface area contributed by atoms with Crippen LogP contribution in [0.15, 0.2) is 71.5 Å². The number of aromatic nitrogens is 4. The topological polar surface area (TPSA) is 68.8 Å². The van der Waals surface area contributed by atoms with Gasteiger partial charge in [-0.2, -0.15) is 10.1 Å². The van der Waals surface area contributed by atoms with Gasteiger partial charge in [0.15, 0.2) is 0 Å². The van der Waals surface area contributed by atoms with Crippen LogP contribution in [0, 0.1) is 6.92 Å². The van der Waals surface area contributed by atoms with E-state index in [0.29, 0.717) is 18.3 Å². The van der Waals surface area contributed by atoms with E-state index in [0.717, 1.165) is 22.5 Å². The van der Waals surface area contributed by atoms with Crippen LogP contribution < -0.4 is 5.32 Å². The molecule has 0 atom stereocenters. The Bertz CT molecular complexity index is 975. The molecule has 0 amide bonds. The molecule has 2 aromatic carbocycles. The van der Waals surface area contributed by atoms with Gasteiger partial charge in [0.25, 0.3) is 0 Å². The zero-order valence-corrected chi connectivity index (χ0v) is 13.8. The monoisotopic (exact) mass is 331 g/mol. The van der Waals surface area contributed by atoms with Gasteiger partial charge in [0.2, 0.25) is 11.7 Å². The molecular formula is C19H17N5O. The molecule has 0 saturated heterocycles. The molecule has 0 fully saturated rings. The van der Waals surface area contributed by atoms with Crippen molar-refractivity contribution < 1.29 is 4.52 Å². The number of hydrogen-bond donors (Lipinski definition) is 1. The molecule has 0 bridgehead atoms. The fraction of sp³-hybridized carbons (Fsp3) is 0.105. The van der Waals surface area contributed by atoms with Crippen LogP contribution in [0.5, 0.6) is 0 Å². The second-order valence-electron chi connectivity index (χ2n) is 5.70. The van der Waals surface area contributed by atoms with Gasteiger partial charge in [-0.15, -0.1) is 0 Å². The number of aryl methyl sites for hydroxylation is 1. The van der Waals surface area contributed by atoms with Crippen molar-refractivity contribution in [3.05, 3.63) is 78.4 Å². The van der Waals surface area contributed by atoms with Gasteiger partial charge in [-0.1, -0.05) is 41.1 Å². The highest BCUT2D eigenvalue weighted by atomic mass is 16.5. The van der Waals surface area contributed by atoms with Gasteiger partial charge in [-0.25, -0.2) is 4.68 Å². The Morgan fingerprint density at radius 2 is 2.00 bits per heavy atom. The average molecular weight is 331 g/mol. The quantitative estimate of drug-likeness (QED) is 0.602. The first kappa shape index (κ1) is 15.1. The van der Waals surface area contributed by atoms with E-state index >= 15 is 0 Å². The van der Waals surface area contributed by atoms with Crippen LogP contribution in [0.3, 0.4) is 0 Å². The molecule has 25 heavy (non-hydrogen) atoms. The van der Waals surface area contributed by atoms with E-state index < -0.39 is 0 Å². The first-order valence-corrected chi connectivity index (χ1v) is 8.02. The summed E-state index contributed by atoms with van der Waals surface area (Å²) in [6, 6.07) is 17.9. The molecule has 4 aromatic rings. The molecule has 2 aromatic heterocycles. The van der Waals surface area contributed by atoms with Crippen LogP contribution in [0.1, 0.15) is 11.5 Å². The summed E-state index contributed by atoms with van der Waals surface area (Å²) in [6.07, 6.45) is 3.66. The normalized spacial score (nSPS) is 10.8. The third-order valence-electron chi connectivity index (χ3n) is 3.83. The minimum atomic E-state index is 0.442. The maximum atomic E-state index is 5.37. The summed E-state index contributed by atoms with van der Waals surface area (Å²) in [5.74, 6) is 1.13. The first-order chi connectivity index (χ1) is 12.3. The van der Waals surface area contributed by atoms with Crippen LogP contribution in [0.2, 0.25) is 0 Å². The molecule has 4 rings (SSSR count). The molecule has 0 unspecified atom stereocenters.